The van der Waals surface area contributed by atoms with Crippen LogP contribution in [0.2, 0.25) is 0 Å². The van der Waals surface area contributed by atoms with E-state index in [4.69, 9.17) is 9.83 Å². The molecule has 3 aromatic rings. The van der Waals surface area contributed by atoms with Crippen LogP contribution in [0.5, 0.6) is 0 Å². The van der Waals surface area contributed by atoms with Crippen molar-refractivity contribution in [1.29, 1.82) is 0 Å². The number of hydrogen-bond acceptors (Lipinski definition) is 6. The van der Waals surface area contributed by atoms with Gasteiger partial charge >= 0.3 is 0 Å². The van der Waals surface area contributed by atoms with Crippen LogP contribution in [0.1, 0.15) is 48.6 Å². The van der Waals surface area contributed by atoms with Crippen LogP contribution in [0.15, 0.2) is 71.7 Å². The van der Waals surface area contributed by atoms with Crippen LogP contribution in [-0.2, 0) is 4.84 Å². The highest BCUT2D eigenvalue weighted by Crippen LogP contribution is 2.33. The summed E-state index contributed by atoms with van der Waals surface area (Å²) in [7, 11) is 0. The van der Waals surface area contributed by atoms with Crippen molar-refractivity contribution < 1.29 is 33.3 Å². The first-order valence-corrected chi connectivity index (χ1v) is 11.4. The molecule has 8 nitrogen and oxygen atoms in total. The van der Waals surface area contributed by atoms with Crippen molar-refractivity contribution in [3.8, 4) is 0 Å². The summed E-state index contributed by atoms with van der Waals surface area (Å²) in [6, 6.07) is 14.1. The van der Waals surface area contributed by atoms with Crippen LogP contribution in [0.25, 0.3) is 0 Å². The standard InChI is InChI=1S/C26H27F3N3O5/c1-4-17(3)30-24(18-6-5-7-20(27)15-18)23-13-8-19(14-16(23)2)25(26(28)29)37-32(35,36)22-11-9-21(10-12-22)31(33)34/h5-15,17,25-26,35-36H,4H2,1-3H3/q+1. The fraction of sp³-hybridized carbons (Fsp3) is 0.269. The first-order chi connectivity index (χ1) is 17.4. The molecule has 2 N–H and O–H groups in total. The SMILES string of the molecule is CCC(C)N=C(c1cccc(F)c1)c1ccc(C(O[N+](O)(O)c2ccc([N+](=O)[O-])cc2)C(F)F)cc1C. The number of rotatable bonds is 10. The van der Waals surface area contributed by atoms with Crippen molar-refractivity contribution in [3.05, 3.63) is 105 Å². The molecule has 0 amide bonds. The first-order valence-electron chi connectivity index (χ1n) is 11.4. The van der Waals surface area contributed by atoms with Crippen LogP contribution in [-0.4, -0.2) is 33.5 Å². The topological polar surface area (TPSA) is 105 Å². The van der Waals surface area contributed by atoms with Crippen molar-refractivity contribution in [2.24, 2.45) is 4.99 Å². The van der Waals surface area contributed by atoms with Crippen molar-refractivity contribution in [1.82, 2.24) is 4.97 Å². The molecule has 0 saturated carbocycles. The highest BCUT2D eigenvalue weighted by Gasteiger charge is 2.39. The van der Waals surface area contributed by atoms with Gasteiger partial charge in [0.15, 0.2) is 0 Å². The molecule has 0 fully saturated rings. The van der Waals surface area contributed by atoms with E-state index in [9.17, 15) is 33.7 Å². The second kappa shape index (κ2) is 11.6. The number of non-ortho nitro benzene ring substituents is 1. The van der Waals surface area contributed by atoms with Crippen LogP contribution < -0.4 is 4.97 Å². The lowest BCUT2D eigenvalue weighted by molar-refractivity contribution is -0.493. The molecule has 0 heterocycles. The zero-order valence-electron chi connectivity index (χ0n) is 20.4. The van der Waals surface area contributed by atoms with E-state index < -0.39 is 33.9 Å². The van der Waals surface area contributed by atoms with Gasteiger partial charge in [-0.2, -0.15) is 0 Å². The average Bonchev–Trinajstić information content (AvgIpc) is 2.85. The molecule has 37 heavy (non-hydrogen) atoms. The Morgan fingerprint density at radius 3 is 2.32 bits per heavy atom. The summed E-state index contributed by atoms with van der Waals surface area (Å²) in [6.07, 6.45) is -4.49. The zero-order valence-corrected chi connectivity index (χ0v) is 20.4. The second-order valence-corrected chi connectivity index (χ2v) is 8.50. The Hall–Kier alpha value is -3.64. The summed E-state index contributed by atoms with van der Waals surface area (Å²) in [4.78, 5) is 17.4. The third kappa shape index (κ3) is 6.77. The highest BCUT2D eigenvalue weighted by atomic mass is 19.3. The van der Waals surface area contributed by atoms with Gasteiger partial charge in [-0.3, -0.25) is 15.1 Å². The molecule has 0 aromatic heterocycles. The van der Waals surface area contributed by atoms with Crippen molar-refractivity contribution in [2.45, 2.75) is 45.8 Å². The number of aryl methyl sites for hydroxylation is 1. The highest BCUT2D eigenvalue weighted by molar-refractivity contribution is 6.13. The van der Waals surface area contributed by atoms with Gasteiger partial charge in [-0.1, -0.05) is 37.3 Å². The van der Waals surface area contributed by atoms with E-state index in [0.717, 1.165) is 30.7 Å². The molecule has 0 bridgehead atoms. The van der Waals surface area contributed by atoms with Crippen molar-refractivity contribution in [3.63, 3.8) is 0 Å². The van der Waals surface area contributed by atoms with Gasteiger partial charge in [0.1, 0.15) is 10.8 Å². The summed E-state index contributed by atoms with van der Waals surface area (Å²) in [6.45, 7) is 5.53. The van der Waals surface area contributed by atoms with Crippen LogP contribution in [0, 0.1) is 22.9 Å². The zero-order chi connectivity index (χ0) is 27.3. The van der Waals surface area contributed by atoms with Gasteiger partial charge in [0.25, 0.3) is 12.1 Å². The molecule has 0 radical (unpaired) electrons. The predicted octanol–water partition coefficient (Wildman–Crippen LogP) is 6.70. The van der Waals surface area contributed by atoms with Gasteiger partial charge in [0.2, 0.25) is 11.8 Å². The number of aliphatic imine (C=N–C) groups is 1. The lowest BCUT2D eigenvalue weighted by Gasteiger charge is -2.24. The number of nitro benzene ring substituents is 1. The first kappa shape index (κ1) is 27.9. The minimum atomic E-state index is -3.16. The molecule has 0 spiro atoms. The fourth-order valence-corrected chi connectivity index (χ4v) is 3.62. The molecular formula is C26H27F3N3O5+. The smallest absolute Gasteiger partial charge is 0.274 e. The average molecular weight is 519 g/mol. The maximum atomic E-state index is 14.0. The number of hydrogen-bond donors (Lipinski definition) is 2. The van der Waals surface area contributed by atoms with Gasteiger partial charge < -0.3 is 0 Å². The quantitative estimate of drug-likeness (QED) is 0.134. The predicted molar refractivity (Wildman–Crippen MR) is 131 cm³/mol. The van der Waals surface area contributed by atoms with E-state index in [1.165, 1.54) is 24.3 Å². The summed E-state index contributed by atoms with van der Waals surface area (Å²) < 4.78 is 42.0. The van der Waals surface area contributed by atoms with Gasteiger partial charge in [-0.15, -0.1) is 15.3 Å². The molecule has 196 valence electrons. The minimum Gasteiger partial charge on any atom is -0.281 e. The van der Waals surface area contributed by atoms with Crippen LogP contribution >= 0.6 is 0 Å². The van der Waals surface area contributed by atoms with E-state index >= 15 is 0 Å². The molecule has 2 atom stereocenters. The molecule has 0 saturated heterocycles. The molecule has 3 rings (SSSR count). The van der Waals surface area contributed by atoms with E-state index in [1.54, 1.807) is 25.1 Å². The Balaban J connectivity index is 1.97. The molecule has 11 heteroatoms. The third-order valence-corrected chi connectivity index (χ3v) is 5.76. The molecule has 0 aliphatic rings. The number of halogens is 3. The van der Waals surface area contributed by atoms with E-state index in [0.29, 0.717) is 22.4 Å². The Labute approximate surface area is 211 Å². The molecule has 2 unspecified atom stereocenters. The number of alkyl halides is 2. The molecule has 0 aliphatic carbocycles. The Bertz CT molecular complexity index is 1280. The van der Waals surface area contributed by atoms with Crippen molar-refractivity contribution >= 4 is 17.1 Å². The molecule has 3 aromatic carbocycles. The van der Waals surface area contributed by atoms with Crippen molar-refractivity contribution in [2.75, 3.05) is 0 Å². The molecular weight excluding hydrogens is 491 g/mol. The maximum Gasteiger partial charge on any atom is 0.274 e. The Kier molecular flexibility index (Phi) is 8.77. The number of benzene rings is 3. The summed E-state index contributed by atoms with van der Waals surface area (Å²) in [5.41, 5.74) is 1.34. The number of nitro groups is 1. The largest absolute Gasteiger partial charge is 0.281 e. The van der Waals surface area contributed by atoms with E-state index in [2.05, 4.69) is 0 Å². The van der Waals surface area contributed by atoms with E-state index in [-0.39, 0.29) is 17.3 Å². The third-order valence-electron chi connectivity index (χ3n) is 5.76. The Morgan fingerprint density at radius 1 is 1.11 bits per heavy atom. The van der Waals surface area contributed by atoms with Crippen LogP contribution in [0.4, 0.5) is 24.5 Å². The van der Waals surface area contributed by atoms with Gasteiger partial charge in [-0.25, -0.2) is 13.2 Å². The summed E-state index contributed by atoms with van der Waals surface area (Å²) in [5, 5.41) is 31.5. The monoisotopic (exact) mass is 518 g/mol. The van der Waals surface area contributed by atoms with Gasteiger partial charge in [-0.05, 0) is 43.5 Å². The lowest BCUT2D eigenvalue weighted by Crippen LogP contribution is -2.44. The maximum absolute atomic E-state index is 14.0. The number of quaternary nitrogens is 1. The lowest BCUT2D eigenvalue weighted by atomic mass is 9.94. The normalized spacial score (nSPS) is 14.0. The van der Waals surface area contributed by atoms with Crippen LogP contribution in [0.3, 0.4) is 0 Å². The van der Waals surface area contributed by atoms with E-state index in [1.807, 2.05) is 13.8 Å². The fourth-order valence-electron chi connectivity index (χ4n) is 3.62. The summed E-state index contributed by atoms with van der Waals surface area (Å²) in [5.74, 6) is -0.443. The number of nitrogens with zero attached hydrogens (tertiary/aromatic N) is 3. The summed E-state index contributed by atoms with van der Waals surface area (Å²) >= 11 is 0. The second-order valence-electron chi connectivity index (χ2n) is 8.50. The minimum absolute atomic E-state index is 0.0501. The molecule has 0 aliphatic heterocycles. The van der Waals surface area contributed by atoms with Gasteiger partial charge in [0, 0.05) is 41.4 Å². The van der Waals surface area contributed by atoms with Gasteiger partial charge in [0.05, 0.1) is 10.6 Å². The Morgan fingerprint density at radius 2 is 1.78 bits per heavy atom.